The van der Waals surface area contributed by atoms with E-state index in [1.54, 1.807) is 4.90 Å². The first-order valence-electron chi connectivity index (χ1n) is 5.90. The lowest BCUT2D eigenvalue weighted by atomic mass is 10.2. The summed E-state index contributed by atoms with van der Waals surface area (Å²) in [7, 11) is 2.06. The van der Waals surface area contributed by atoms with Crippen molar-refractivity contribution in [2.24, 2.45) is 0 Å². The molecule has 1 heterocycles. The highest BCUT2D eigenvalue weighted by Gasteiger charge is 2.19. The van der Waals surface area contributed by atoms with Crippen molar-refractivity contribution in [2.45, 2.75) is 6.61 Å². The molecule has 4 heteroatoms. The summed E-state index contributed by atoms with van der Waals surface area (Å²) >= 11 is 0. The number of hydrogen-bond donors (Lipinski definition) is 0. The summed E-state index contributed by atoms with van der Waals surface area (Å²) in [4.78, 5) is 15.7. The molecule has 1 aliphatic heterocycles. The van der Waals surface area contributed by atoms with Crippen LogP contribution in [-0.4, -0.2) is 49.1 Å². The van der Waals surface area contributed by atoms with Gasteiger partial charge in [-0.15, -0.1) is 0 Å². The molecule has 0 saturated carbocycles. The van der Waals surface area contributed by atoms with E-state index in [2.05, 4.69) is 11.9 Å². The van der Waals surface area contributed by atoms with Gasteiger partial charge in [0.05, 0.1) is 0 Å². The van der Waals surface area contributed by atoms with Crippen molar-refractivity contribution in [3.8, 4) is 0 Å². The summed E-state index contributed by atoms with van der Waals surface area (Å²) in [5.41, 5.74) is 1.02. The Kier molecular flexibility index (Phi) is 3.98. The fourth-order valence-corrected chi connectivity index (χ4v) is 1.80. The molecular formula is C13H18N2O2. The van der Waals surface area contributed by atoms with E-state index in [0.29, 0.717) is 6.61 Å². The lowest BCUT2D eigenvalue weighted by Gasteiger charge is -2.31. The maximum absolute atomic E-state index is 11.8. The molecule has 4 nitrogen and oxygen atoms in total. The van der Waals surface area contributed by atoms with Gasteiger partial charge in [0.1, 0.15) is 6.61 Å². The van der Waals surface area contributed by atoms with Gasteiger partial charge in [-0.25, -0.2) is 4.79 Å². The van der Waals surface area contributed by atoms with Gasteiger partial charge in [0.15, 0.2) is 0 Å². The molecule has 0 bridgehead atoms. The first kappa shape index (κ1) is 11.9. The summed E-state index contributed by atoms with van der Waals surface area (Å²) in [6.45, 7) is 3.70. The highest BCUT2D eigenvalue weighted by Crippen LogP contribution is 2.05. The highest BCUT2D eigenvalue weighted by atomic mass is 16.6. The van der Waals surface area contributed by atoms with Gasteiger partial charge in [-0.2, -0.15) is 0 Å². The minimum absolute atomic E-state index is 0.207. The number of amides is 1. The van der Waals surface area contributed by atoms with E-state index in [9.17, 15) is 4.79 Å². The average Bonchev–Trinajstić information content (AvgIpc) is 2.38. The maximum Gasteiger partial charge on any atom is 0.410 e. The van der Waals surface area contributed by atoms with Crippen LogP contribution >= 0.6 is 0 Å². The van der Waals surface area contributed by atoms with Crippen LogP contribution in [0.5, 0.6) is 0 Å². The Labute approximate surface area is 102 Å². The van der Waals surface area contributed by atoms with Gasteiger partial charge < -0.3 is 14.5 Å². The minimum atomic E-state index is -0.207. The van der Waals surface area contributed by atoms with E-state index in [0.717, 1.165) is 31.7 Å². The molecule has 0 N–H and O–H groups in total. The maximum atomic E-state index is 11.8. The normalized spacial score (nSPS) is 16.9. The number of hydrogen-bond acceptors (Lipinski definition) is 3. The zero-order valence-corrected chi connectivity index (χ0v) is 10.1. The Morgan fingerprint density at radius 2 is 1.82 bits per heavy atom. The molecule has 92 valence electrons. The van der Waals surface area contributed by atoms with Crippen LogP contribution in [0.1, 0.15) is 5.56 Å². The van der Waals surface area contributed by atoms with Crippen LogP contribution in [0, 0.1) is 0 Å². The molecule has 0 aliphatic carbocycles. The fourth-order valence-electron chi connectivity index (χ4n) is 1.80. The van der Waals surface area contributed by atoms with Crippen molar-refractivity contribution in [3.05, 3.63) is 35.9 Å². The molecule has 1 saturated heterocycles. The van der Waals surface area contributed by atoms with Gasteiger partial charge in [0, 0.05) is 26.2 Å². The molecule has 1 amide bonds. The Morgan fingerprint density at radius 3 is 2.47 bits per heavy atom. The number of carbonyl (C=O) groups excluding carboxylic acids is 1. The third-order valence-electron chi connectivity index (χ3n) is 2.97. The van der Waals surface area contributed by atoms with Crippen molar-refractivity contribution < 1.29 is 9.53 Å². The van der Waals surface area contributed by atoms with Crippen molar-refractivity contribution in [3.63, 3.8) is 0 Å². The molecule has 0 unspecified atom stereocenters. The lowest BCUT2D eigenvalue weighted by molar-refractivity contribution is 0.0769. The molecule has 1 fully saturated rings. The highest BCUT2D eigenvalue weighted by molar-refractivity contribution is 5.67. The lowest BCUT2D eigenvalue weighted by Crippen LogP contribution is -2.47. The zero-order chi connectivity index (χ0) is 12.1. The number of nitrogens with zero attached hydrogens (tertiary/aromatic N) is 2. The van der Waals surface area contributed by atoms with E-state index in [-0.39, 0.29) is 6.09 Å². The average molecular weight is 234 g/mol. The third-order valence-corrected chi connectivity index (χ3v) is 2.97. The van der Waals surface area contributed by atoms with Crippen LogP contribution in [-0.2, 0) is 11.3 Å². The summed E-state index contributed by atoms with van der Waals surface area (Å²) in [5, 5.41) is 0. The van der Waals surface area contributed by atoms with Gasteiger partial charge in [0.2, 0.25) is 0 Å². The van der Waals surface area contributed by atoms with Gasteiger partial charge in [-0.1, -0.05) is 30.3 Å². The molecular weight excluding hydrogens is 216 g/mol. The number of ether oxygens (including phenoxy) is 1. The summed E-state index contributed by atoms with van der Waals surface area (Å²) in [6, 6.07) is 9.75. The number of rotatable bonds is 2. The molecule has 0 aromatic heterocycles. The second kappa shape index (κ2) is 5.68. The van der Waals surface area contributed by atoms with Gasteiger partial charge in [-0.05, 0) is 12.6 Å². The molecule has 1 aromatic carbocycles. The van der Waals surface area contributed by atoms with E-state index in [4.69, 9.17) is 4.74 Å². The quantitative estimate of drug-likeness (QED) is 0.778. The van der Waals surface area contributed by atoms with Crippen molar-refractivity contribution in [1.29, 1.82) is 0 Å². The molecule has 1 aliphatic rings. The number of carbonyl (C=O) groups is 1. The summed E-state index contributed by atoms with van der Waals surface area (Å²) < 4.78 is 5.27. The van der Waals surface area contributed by atoms with Gasteiger partial charge in [0.25, 0.3) is 0 Å². The SMILES string of the molecule is CN1CCN(C(=O)OCc2ccccc2)CC1. The van der Waals surface area contributed by atoms with E-state index in [1.807, 2.05) is 30.3 Å². The van der Waals surface area contributed by atoms with Crippen LogP contribution in [0.4, 0.5) is 4.79 Å². The number of likely N-dealkylation sites (N-methyl/N-ethyl adjacent to an activating group) is 1. The van der Waals surface area contributed by atoms with Crippen molar-refractivity contribution >= 4 is 6.09 Å². The fraction of sp³-hybridized carbons (Fsp3) is 0.462. The van der Waals surface area contributed by atoms with Crippen molar-refractivity contribution in [2.75, 3.05) is 33.2 Å². The Bertz CT molecular complexity index is 359. The third kappa shape index (κ3) is 3.46. The summed E-state index contributed by atoms with van der Waals surface area (Å²) in [5.74, 6) is 0. The Morgan fingerprint density at radius 1 is 1.18 bits per heavy atom. The zero-order valence-electron chi connectivity index (χ0n) is 10.1. The predicted octanol–water partition coefficient (Wildman–Crippen LogP) is 1.57. The first-order chi connectivity index (χ1) is 8.25. The monoisotopic (exact) mass is 234 g/mol. The van der Waals surface area contributed by atoms with Crippen LogP contribution < -0.4 is 0 Å². The smallest absolute Gasteiger partial charge is 0.410 e. The van der Waals surface area contributed by atoms with Crippen LogP contribution in [0.15, 0.2) is 30.3 Å². The summed E-state index contributed by atoms with van der Waals surface area (Å²) in [6.07, 6.45) is -0.207. The van der Waals surface area contributed by atoms with E-state index >= 15 is 0 Å². The minimum Gasteiger partial charge on any atom is -0.445 e. The molecule has 2 rings (SSSR count). The number of piperazine rings is 1. The second-order valence-corrected chi connectivity index (χ2v) is 4.33. The predicted molar refractivity (Wildman–Crippen MR) is 65.7 cm³/mol. The number of benzene rings is 1. The second-order valence-electron chi connectivity index (χ2n) is 4.33. The first-order valence-corrected chi connectivity index (χ1v) is 5.90. The largest absolute Gasteiger partial charge is 0.445 e. The van der Waals surface area contributed by atoms with E-state index in [1.165, 1.54) is 0 Å². The van der Waals surface area contributed by atoms with Crippen LogP contribution in [0.25, 0.3) is 0 Å². The standard InChI is InChI=1S/C13H18N2O2/c1-14-7-9-15(10-8-14)13(16)17-11-12-5-3-2-4-6-12/h2-6H,7-11H2,1H3. The molecule has 0 spiro atoms. The molecule has 17 heavy (non-hydrogen) atoms. The van der Waals surface area contributed by atoms with Crippen molar-refractivity contribution in [1.82, 2.24) is 9.80 Å². The molecule has 0 radical (unpaired) electrons. The molecule has 0 atom stereocenters. The van der Waals surface area contributed by atoms with Crippen LogP contribution in [0.2, 0.25) is 0 Å². The van der Waals surface area contributed by atoms with Crippen LogP contribution in [0.3, 0.4) is 0 Å². The topological polar surface area (TPSA) is 32.8 Å². The Balaban J connectivity index is 1.78. The molecule has 1 aromatic rings. The van der Waals surface area contributed by atoms with Gasteiger partial charge >= 0.3 is 6.09 Å². The van der Waals surface area contributed by atoms with Gasteiger partial charge in [-0.3, -0.25) is 0 Å². The van der Waals surface area contributed by atoms with E-state index < -0.39 is 0 Å². The Hall–Kier alpha value is -1.55.